The Morgan fingerprint density at radius 2 is 1.62 bits per heavy atom. The Morgan fingerprint density at radius 3 is 2.33 bits per heavy atom. The maximum Gasteiger partial charge on any atom is 0.269 e. The molecule has 2 aliphatic carbocycles. The zero-order chi connectivity index (χ0) is 28.1. The number of benzene rings is 3. The second-order valence-electron chi connectivity index (χ2n) is 11.4. The number of carbonyl (C=O) groups is 3. The van der Waals surface area contributed by atoms with Crippen molar-refractivity contribution in [1.29, 1.82) is 0 Å². The summed E-state index contributed by atoms with van der Waals surface area (Å²) in [6.07, 6.45) is 0.558. The molecule has 7 rings (SSSR count). The van der Waals surface area contributed by atoms with Crippen LogP contribution in [0.2, 0.25) is 5.02 Å². The Hall–Kier alpha value is -4.56. The molecule has 3 aromatic carbocycles. The predicted molar refractivity (Wildman–Crippen MR) is 150 cm³/mol. The van der Waals surface area contributed by atoms with Gasteiger partial charge in [0.2, 0.25) is 0 Å². The van der Waals surface area contributed by atoms with Crippen LogP contribution in [0.15, 0.2) is 83.6 Å². The minimum absolute atomic E-state index is 0.128. The van der Waals surface area contributed by atoms with E-state index in [0.717, 1.165) is 0 Å². The van der Waals surface area contributed by atoms with Gasteiger partial charge in [-0.1, -0.05) is 49.7 Å². The number of ketones is 2. The zero-order valence-corrected chi connectivity index (χ0v) is 22.3. The summed E-state index contributed by atoms with van der Waals surface area (Å²) < 4.78 is 0. The van der Waals surface area contributed by atoms with Crippen molar-refractivity contribution in [2.45, 2.75) is 32.1 Å². The molecular weight excluding hydrogens is 530 g/mol. The minimum Gasteiger partial charge on any atom is -0.354 e. The van der Waals surface area contributed by atoms with Gasteiger partial charge in [0, 0.05) is 68.5 Å². The summed E-state index contributed by atoms with van der Waals surface area (Å²) in [5, 5.41) is 15.7. The third-order valence-corrected chi connectivity index (χ3v) is 8.53. The Bertz CT molecular complexity index is 1800. The minimum atomic E-state index is -1.86. The van der Waals surface area contributed by atoms with Crippen LogP contribution in [0, 0.1) is 15.5 Å². The average Bonchev–Trinajstić information content (AvgIpc) is 3.33. The van der Waals surface area contributed by atoms with Crippen molar-refractivity contribution in [3.05, 3.63) is 115 Å². The number of carbonyl (C=O) groups excluding carboxylic acids is 3. The van der Waals surface area contributed by atoms with Crippen molar-refractivity contribution in [2.75, 3.05) is 10.2 Å². The number of anilines is 2. The van der Waals surface area contributed by atoms with Crippen molar-refractivity contribution < 1.29 is 19.3 Å². The number of non-ortho nitro benzene ring substituents is 1. The number of allylic oxidation sites excluding steroid dienone is 1. The predicted octanol–water partition coefficient (Wildman–Crippen LogP) is 6.21. The lowest BCUT2D eigenvalue weighted by Gasteiger charge is -2.38. The second-order valence-corrected chi connectivity index (χ2v) is 11.8. The molecule has 0 saturated heterocycles. The maximum absolute atomic E-state index is 15.1. The summed E-state index contributed by atoms with van der Waals surface area (Å²) >= 11 is 6.17. The highest BCUT2D eigenvalue weighted by atomic mass is 35.5. The number of amides is 1. The van der Waals surface area contributed by atoms with Gasteiger partial charge in [0.25, 0.3) is 11.6 Å². The molecule has 1 N–H and O–H groups in total. The largest absolute Gasteiger partial charge is 0.354 e. The van der Waals surface area contributed by atoms with E-state index in [1.165, 1.54) is 17.0 Å². The molecule has 3 aromatic rings. The van der Waals surface area contributed by atoms with Crippen LogP contribution in [0.4, 0.5) is 17.1 Å². The van der Waals surface area contributed by atoms with E-state index < -0.39 is 21.7 Å². The molecule has 8 nitrogen and oxygen atoms in total. The number of nitrogens with one attached hydrogen (secondary N) is 1. The van der Waals surface area contributed by atoms with Crippen LogP contribution in [0.1, 0.15) is 48.2 Å². The molecule has 0 fully saturated rings. The van der Waals surface area contributed by atoms with Crippen molar-refractivity contribution in [3.63, 3.8) is 0 Å². The van der Waals surface area contributed by atoms with Crippen molar-refractivity contribution in [2.24, 2.45) is 5.41 Å². The highest BCUT2D eigenvalue weighted by Crippen LogP contribution is 2.61. The summed E-state index contributed by atoms with van der Waals surface area (Å²) in [5.41, 5.74) is 0.919. The third-order valence-electron chi connectivity index (χ3n) is 8.28. The molecular formula is C31H22ClN3O5. The number of hydrogen-bond donors (Lipinski definition) is 1. The van der Waals surface area contributed by atoms with E-state index in [1.807, 2.05) is 13.8 Å². The van der Waals surface area contributed by atoms with Gasteiger partial charge in [-0.3, -0.25) is 29.4 Å². The fourth-order valence-corrected chi connectivity index (χ4v) is 6.88. The first kappa shape index (κ1) is 24.5. The maximum atomic E-state index is 15.1. The van der Waals surface area contributed by atoms with E-state index >= 15 is 4.79 Å². The highest BCUT2D eigenvalue weighted by Gasteiger charge is 2.65. The third kappa shape index (κ3) is 3.05. The van der Waals surface area contributed by atoms with Crippen LogP contribution in [-0.4, -0.2) is 22.4 Å². The Labute approximate surface area is 234 Å². The van der Waals surface area contributed by atoms with Crippen LogP contribution in [0.5, 0.6) is 0 Å². The summed E-state index contributed by atoms with van der Waals surface area (Å²) in [5.74, 6) is -1.15. The lowest BCUT2D eigenvalue weighted by atomic mass is 9.61. The number of halogens is 1. The topological polar surface area (TPSA) is 110 Å². The number of fused-ring (bicyclic) bond motifs is 6. The van der Waals surface area contributed by atoms with Gasteiger partial charge in [-0.15, -0.1) is 0 Å². The quantitative estimate of drug-likeness (QED) is 0.299. The number of nitro benzene ring substituents is 1. The lowest BCUT2D eigenvalue weighted by Crippen LogP contribution is -2.47. The van der Waals surface area contributed by atoms with Crippen molar-refractivity contribution >= 4 is 51.8 Å². The van der Waals surface area contributed by atoms with E-state index in [4.69, 9.17) is 11.6 Å². The molecule has 198 valence electrons. The van der Waals surface area contributed by atoms with Gasteiger partial charge in [-0.25, -0.2) is 0 Å². The van der Waals surface area contributed by atoms with Crippen molar-refractivity contribution in [3.8, 4) is 0 Å². The fraction of sp³-hybridized carbons (Fsp3) is 0.194. The number of nitro groups is 1. The first-order valence-corrected chi connectivity index (χ1v) is 13.2. The molecule has 2 aliphatic heterocycles. The monoisotopic (exact) mass is 551 g/mol. The van der Waals surface area contributed by atoms with E-state index in [0.29, 0.717) is 45.3 Å². The lowest BCUT2D eigenvalue weighted by molar-refractivity contribution is -0.384. The van der Waals surface area contributed by atoms with Gasteiger partial charge in [0.15, 0.2) is 11.6 Å². The Kier molecular flexibility index (Phi) is 4.89. The first-order valence-electron chi connectivity index (χ1n) is 12.9. The molecule has 2 heterocycles. The molecule has 40 heavy (non-hydrogen) atoms. The Morgan fingerprint density at radius 1 is 0.925 bits per heavy atom. The summed E-state index contributed by atoms with van der Waals surface area (Å²) in [6, 6.07) is 18.0. The molecule has 1 spiro atoms. The van der Waals surface area contributed by atoms with Gasteiger partial charge >= 0.3 is 0 Å². The SMILES string of the molecule is CC1(C)CC(=O)C2=C(C1)N(c1ccc(Cl)cc1)C(=O)C21C2=C(Nc3ccc([N+](=O)[O-])cc31)c1ccccc1C2=O. The van der Waals surface area contributed by atoms with E-state index in [1.54, 1.807) is 54.6 Å². The van der Waals surface area contributed by atoms with Gasteiger partial charge < -0.3 is 5.32 Å². The molecule has 0 radical (unpaired) electrons. The first-order chi connectivity index (χ1) is 19.0. The fourth-order valence-electron chi connectivity index (χ4n) is 6.75. The molecule has 0 bridgehead atoms. The normalized spacial score (nSPS) is 22.3. The molecule has 0 saturated carbocycles. The molecule has 1 amide bonds. The summed E-state index contributed by atoms with van der Waals surface area (Å²) in [7, 11) is 0. The highest BCUT2D eigenvalue weighted by molar-refractivity contribution is 6.34. The van der Waals surface area contributed by atoms with Gasteiger partial charge in [-0.05, 0) is 42.2 Å². The summed E-state index contributed by atoms with van der Waals surface area (Å²) in [4.78, 5) is 56.4. The number of hydrogen-bond acceptors (Lipinski definition) is 6. The van der Waals surface area contributed by atoms with Crippen LogP contribution < -0.4 is 10.2 Å². The van der Waals surface area contributed by atoms with Crippen LogP contribution in [0.3, 0.4) is 0 Å². The van der Waals surface area contributed by atoms with Crippen LogP contribution in [0.25, 0.3) is 5.70 Å². The van der Waals surface area contributed by atoms with Crippen molar-refractivity contribution in [1.82, 2.24) is 0 Å². The van der Waals surface area contributed by atoms with Gasteiger partial charge in [0.1, 0.15) is 5.41 Å². The molecule has 9 heteroatoms. The second kappa shape index (κ2) is 7.99. The number of Topliss-reactive ketones (excluding diaryl/α,β-unsaturated/α-hetero) is 2. The van der Waals surface area contributed by atoms with E-state index in [-0.39, 0.29) is 40.4 Å². The van der Waals surface area contributed by atoms with Gasteiger partial charge in [-0.2, -0.15) is 0 Å². The summed E-state index contributed by atoms with van der Waals surface area (Å²) in [6.45, 7) is 3.93. The smallest absolute Gasteiger partial charge is 0.269 e. The zero-order valence-electron chi connectivity index (χ0n) is 21.6. The average molecular weight is 552 g/mol. The molecule has 4 aliphatic rings. The molecule has 1 unspecified atom stereocenters. The Balaban J connectivity index is 1.62. The van der Waals surface area contributed by atoms with E-state index in [9.17, 15) is 19.7 Å². The molecule has 1 atom stereocenters. The van der Waals surface area contributed by atoms with Crippen LogP contribution in [-0.2, 0) is 15.0 Å². The molecule has 0 aromatic heterocycles. The van der Waals surface area contributed by atoms with Gasteiger partial charge in [0.05, 0.1) is 10.6 Å². The van der Waals surface area contributed by atoms with Crippen LogP contribution >= 0.6 is 11.6 Å². The standard InChI is InChI=1S/C31H22ClN3O5/c1-30(2)14-23-25(24(36)15-30)31(29(38)34(23)17-9-7-16(32)8-10-17)21-13-18(35(39)40)11-12-22(21)33-27-19-5-3-4-6-20(19)28(37)26(27)31/h3-13,33H,14-15H2,1-2H3. The number of nitrogens with zero attached hydrogens (tertiary/aromatic N) is 2. The van der Waals surface area contributed by atoms with E-state index in [2.05, 4.69) is 5.32 Å². The number of rotatable bonds is 2.